The number of nitrogens with one attached hydrogen (secondary N) is 1. The molecule has 0 spiro atoms. The first-order valence-electron chi connectivity index (χ1n) is 4.44. The van der Waals surface area contributed by atoms with Crippen LogP contribution in [0.25, 0.3) is 0 Å². The van der Waals surface area contributed by atoms with Gasteiger partial charge in [-0.1, -0.05) is 0 Å². The maximum absolute atomic E-state index is 11.1. The highest BCUT2D eigenvalue weighted by Crippen LogP contribution is 1.87. The van der Waals surface area contributed by atoms with Crippen LogP contribution in [0.4, 0.5) is 0 Å². The largest absolute Gasteiger partial charge is 0.465 e. The molecule has 2 atom stereocenters. The molecule has 14 heavy (non-hydrogen) atoms. The summed E-state index contributed by atoms with van der Waals surface area (Å²) in [6, 6.07) is -1.27. The van der Waals surface area contributed by atoms with E-state index in [0.717, 1.165) is 0 Å². The number of ether oxygens (including phenoxy) is 1. The molecule has 6 heteroatoms. The highest BCUT2D eigenvalue weighted by atomic mass is 16.5. The van der Waals surface area contributed by atoms with Gasteiger partial charge in [-0.2, -0.15) is 0 Å². The van der Waals surface area contributed by atoms with Crippen LogP contribution in [0.1, 0.15) is 13.8 Å². The zero-order valence-electron chi connectivity index (χ0n) is 8.45. The predicted molar refractivity (Wildman–Crippen MR) is 51.3 cm³/mol. The summed E-state index contributed by atoms with van der Waals surface area (Å²) >= 11 is 0. The molecule has 0 fully saturated rings. The number of nitrogens with two attached hydrogens (primary N) is 2. The van der Waals surface area contributed by atoms with Crippen LogP contribution in [-0.4, -0.2) is 37.1 Å². The molecule has 0 aliphatic carbocycles. The fourth-order valence-electron chi connectivity index (χ4n) is 0.755. The van der Waals surface area contributed by atoms with Crippen LogP contribution in [0.2, 0.25) is 0 Å². The van der Waals surface area contributed by atoms with Crippen molar-refractivity contribution in [1.82, 2.24) is 5.32 Å². The zero-order valence-corrected chi connectivity index (χ0v) is 8.45. The van der Waals surface area contributed by atoms with E-state index in [9.17, 15) is 9.59 Å². The van der Waals surface area contributed by atoms with E-state index in [2.05, 4.69) is 5.32 Å². The zero-order chi connectivity index (χ0) is 11.1. The molecule has 0 saturated heterocycles. The van der Waals surface area contributed by atoms with Crippen LogP contribution >= 0.6 is 0 Å². The van der Waals surface area contributed by atoms with Crippen molar-refractivity contribution in [2.45, 2.75) is 25.9 Å². The quantitative estimate of drug-likeness (QED) is 0.448. The van der Waals surface area contributed by atoms with Crippen molar-refractivity contribution in [3.05, 3.63) is 0 Å². The molecule has 0 aromatic carbocycles. The number of esters is 1. The summed E-state index contributed by atoms with van der Waals surface area (Å²) in [4.78, 5) is 21.6. The third-order valence-electron chi connectivity index (χ3n) is 1.65. The lowest BCUT2D eigenvalue weighted by Gasteiger charge is -2.14. The van der Waals surface area contributed by atoms with Crippen molar-refractivity contribution in [2.75, 3.05) is 13.2 Å². The van der Waals surface area contributed by atoms with Crippen LogP contribution in [0, 0.1) is 0 Å². The van der Waals surface area contributed by atoms with Crippen LogP contribution in [0.15, 0.2) is 0 Å². The van der Waals surface area contributed by atoms with Crippen LogP contribution in [-0.2, 0) is 14.3 Å². The minimum Gasteiger partial charge on any atom is -0.465 e. The summed E-state index contributed by atoms with van der Waals surface area (Å²) in [6.45, 7) is 3.84. The molecule has 0 bridgehead atoms. The molecule has 0 aliphatic rings. The van der Waals surface area contributed by atoms with Gasteiger partial charge >= 0.3 is 5.97 Å². The first-order valence-corrected chi connectivity index (χ1v) is 4.44. The molecule has 0 heterocycles. The third kappa shape index (κ3) is 4.78. The SMILES string of the molecule is CCOC(=O)C(C)NCC(N)C(N)=O. The van der Waals surface area contributed by atoms with E-state index in [1.165, 1.54) is 0 Å². The Morgan fingerprint density at radius 1 is 1.50 bits per heavy atom. The smallest absolute Gasteiger partial charge is 0.322 e. The molecule has 0 saturated carbocycles. The maximum atomic E-state index is 11.1. The topological polar surface area (TPSA) is 107 Å². The van der Waals surface area contributed by atoms with Gasteiger partial charge in [0.2, 0.25) is 5.91 Å². The van der Waals surface area contributed by atoms with Gasteiger partial charge in [0.15, 0.2) is 0 Å². The first kappa shape index (κ1) is 12.9. The number of hydrogen-bond acceptors (Lipinski definition) is 5. The monoisotopic (exact) mass is 203 g/mol. The second kappa shape index (κ2) is 6.33. The van der Waals surface area contributed by atoms with Gasteiger partial charge in [-0.05, 0) is 13.8 Å². The highest BCUT2D eigenvalue weighted by Gasteiger charge is 2.16. The Morgan fingerprint density at radius 3 is 2.50 bits per heavy atom. The van der Waals surface area contributed by atoms with Gasteiger partial charge in [0.25, 0.3) is 0 Å². The Kier molecular flexibility index (Phi) is 5.82. The molecule has 0 radical (unpaired) electrons. The van der Waals surface area contributed by atoms with Crippen molar-refractivity contribution in [3.63, 3.8) is 0 Å². The lowest BCUT2D eigenvalue weighted by Crippen LogP contribution is -2.48. The Labute approximate surface area is 83.0 Å². The lowest BCUT2D eigenvalue weighted by molar-refractivity contribution is -0.145. The summed E-state index contributed by atoms with van der Waals surface area (Å²) in [7, 11) is 0. The maximum Gasteiger partial charge on any atom is 0.322 e. The average Bonchev–Trinajstić information content (AvgIpc) is 2.13. The molecular formula is C8H17N3O3. The fourth-order valence-corrected chi connectivity index (χ4v) is 0.755. The predicted octanol–water partition coefficient (Wildman–Crippen LogP) is -1.66. The number of amides is 1. The molecule has 0 rings (SSSR count). The van der Waals surface area contributed by atoms with E-state index in [-0.39, 0.29) is 12.5 Å². The number of hydrogen-bond donors (Lipinski definition) is 3. The summed E-state index contributed by atoms with van der Waals surface area (Å²) in [5.74, 6) is -0.974. The number of carbonyl (C=O) groups is 2. The highest BCUT2D eigenvalue weighted by molar-refractivity contribution is 5.80. The van der Waals surface area contributed by atoms with E-state index in [0.29, 0.717) is 6.61 Å². The number of carbonyl (C=O) groups excluding carboxylic acids is 2. The lowest BCUT2D eigenvalue weighted by atomic mass is 10.2. The van der Waals surface area contributed by atoms with Crippen molar-refractivity contribution >= 4 is 11.9 Å². The van der Waals surface area contributed by atoms with Crippen molar-refractivity contribution in [3.8, 4) is 0 Å². The molecular weight excluding hydrogens is 186 g/mol. The van der Waals surface area contributed by atoms with Gasteiger partial charge in [0, 0.05) is 6.54 Å². The van der Waals surface area contributed by atoms with Crippen LogP contribution < -0.4 is 16.8 Å². The molecule has 82 valence electrons. The van der Waals surface area contributed by atoms with Crippen LogP contribution in [0.5, 0.6) is 0 Å². The number of primary amides is 1. The van der Waals surface area contributed by atoms with E-state index in [4.69, 9.17) is 16.2 Å². The van der Waals surface area contributed by atoms with Crippen molar-refractivity contribution < 1.29 is 14.3 Å². The summed E-state index contributed by atoms with van der Waals surface area (Å²) in [6.07, 6.45) is 0. The van der Waals surface area contributed by atoms with Crippen molar-refractivity contribution in [1.29, 1.82) is 0 Å². The van der Waals surface area contributed by atoms with E-state index < -0.39 is 18.0 Å². The van der Waals surface area contributed by atoms with Gasteiger partial charge in [0.05, 0.1) is 12.6 Å². The van der Waals surface area contributed by atoms with Crippen molar-refractivity contribution in [2.24, 2.45) is 11.5 Å². The Bertz CT molecular complexity index is 208. The molecule has 0 aromatic heterocycles. The molecule has 5 N–H and O–H groups in total. The standard InChI is InChI=1S/C8H17N3O3/c1-3-14-8(13)5(2)11-4-6(9)7(10)12/h5-6,11H,3-4,9H2,1-2H3,(H2,10,12). The third-order valence-corrected chi connectivity index (χ3v) is 1.65. The summed E-state index contributed by atoms with van der Waals surface area (Å²) in [5, 5.41) is 2.75. The summed E-state index contributed by atoms with van der Waals surface area (Å²) < 4.78 is 4.74. The first-order chi connectivity index (χ1) is 6.49. The molecule has 0 aromatic rings. The Balaban J connectivity index is 3.78. The Hall–Kier alpha value is -1.14. The van der Waals surface area contributed by atoms with Gasteiger partial charge < -0.3 is 21.5 Å². The molecule has 1 amide bonds. The van der Waals surface area contributed by atoms with E-state index in [1.807, 2.05) is 0 Å². The second-order valence-electron chi connectivity index (χ2n) is 2.89. The van der Waals surface area contributed by atoms with Gasteiger partial charge in [-0.25, -0.2) is 0 Å². The number of rotatable bonds is 6. The summed E-state index contributed by atoms with van der Waals surface area (Å²) in [5.41, 5.74) is 10.3. The fraction of sp³-hybridized carbons (Fsp3) is 0.750. The molecule has 0 aliphatic heterocycles. The Morgan fingerprint density at radius 2 is 2.07 bits per heavy atom. The minimum absolute atomic E-state index is 0.162. The van der Waals surface area contributed by atoms with E-state index >= 15 is 0 Å². The van der Waals surface area contributed by atoms with Gasteiger partial charge in [-0.15, -0.1) is 0 Å². The molecule has 2 unspecified atom stereocenters. The normalized spacial score (nSPS) is 14.5. The second-order valence-corrected chi connectivity index (χ2v) is 2.89. The van der Waals surface area contributed by atoms with Gasteiger partial charge in [0.1, 0.15) is 6.04 Å². The average molecular weight is 203 g/mol. The minimum atomic E-state index is -0.785. The molecule has 6 nitrogen and oxygen atoms in total. The van der Waals surface area contributed by atoms with Crippen LogP contribution in [0.3, 0.4) is 0 Å². The van der Waals surface area contributed by atoms with Gasteiger partial charge in [-0.3, -0.25) is 9.59 Å². The van der Waals surface area contributed by atoms with E-state index in [1.54, 1.807) is 13.8 Å².